The van der Waals surface area contributed by atoms with Crippen molar-refractivity contribution in [3.63, 3.8) is 0 Å². The number of ketones is 2. The van der Waals surface area contributed by atoms with Gasteiger partial charge in [0.15, 0.2) is 5.78 Å². The zero-order valence-electron chi connectivity index (χ0n) is 12.9. The van der Waals surface area contributed by atoms with Gasteiger partial charge in [-0.15, -0.1) is 0 Å². The molecule has 114 valence electrons. The van der Waals surface area contributed by atoms with Gasteiger partial charge in [0.25, 0.3) is 0 Å². The van der Waals surface area contributed by atoms with E-state index in [1.54, 1.807) is 0 Å². The monoisotopic (exact) mass is 294 g/mol. The van der Waals surface area contributed by atoms with Gasteiger partial charge in [-0.1, -0.05) is 49.2 Å². The summed E-state index contributed by atoms with van der Waals surface area (Å²) >= 11 is 0. The third kappa shape index (κ3) is 3.44. The molecule has 0 N–H and O–H groups in total. The van der Waals surface area contributed by atoms with Crippen molar-refractivity contribution in [3.05, 3.63) is 48.0 Å². The Morgan fingerprint density at radius 2 is 1.82 bits per heavy atom. The molecule has 0 spiro atoms. The standard InChI is InChI=1S/C20H22O2/c21-19-9-3-1-2-7-16(19)12-13-20(22)18-11-10-15-6-4-5-8-17(15)14-18/h4-6,8,10-11,14,16H,1-3,7,9,12-13H2. The Morgan fingerprint density at radius 1 is 1.00 bits per heavy atom. The molecule has 2 aromatic rings. The minimum atomic E-state index is 0.104. The molecule has 1 aliphatic rings. The fraction of sp³-hybridized carbons (Fsp3) is 0.400. The molecule has 0 heterocycles. The minimum absolute atomic E-state index is 0.104. The predicted octanol–water partition coefficient (Wildman–Crippen LogP) is 4.95. The second-order valence-electron chi connectivity index (χ2n) is 6.29. The van der Waals surface area contributed by atoms with E-state index in [-0.39, 0.29) is 11.7 Å². The Labute approximate surface area is 131 Å². The van der Waals surface area contributed by atoms with Crippen LogP contribution in [0.15, 0.2) is 42.5 Å². The van der Waals surface area contributed by atoms with E-state index in [2.05, 4.69) is 0 Å². The maximum Gasteiger partial charge on any atom is 0.162 e. The van der Waals surface area contributed by atoms with Crippen LogP contribution in [0.2, 0.25) is 0 Å². The summed E-state index contributed by atoms with van der Waals surface area (Å²) in [5.74, 6) is 0.624. The summed E-state index contributed by atoms with van der Waals surface area (Å²) in [7, 11) is 0. The number of carbonyl (C=O) groups is 2. The molecule has 22 heavy (non-hydrogen) atoms. The first kappa shape index (κ1) is 15.0. The molecule has 1 fully saturated rings. The molecule has 1 atom stereocenters. The molecule has 0 aromatic heterocycles. The van der Waals surface area contributed by atoms with Gasteiger partial charge in [0.1, 0.15) is 5.78 Å². The second-order valence-corrected chi connectivity index (χ2v) is 6.29. The van der Waals surface area contributed by atoms with E-state index < -0.39 is 0 Å². The van der Waals surface area contributed by atoms with Crippen molar-refractivity contribution in [2.45, 2.75) is 44.9 Å². The van der Waals surface area contributed by atoms with Crippen LogP contribution in [-0.2, 0) is 4.79 Å². The summed E-state index contributed by atoms with van der Waals surface area (Å²) in [6, 6.07) is 13.9. The lowest BCUT2D eigenvalue weighted by atomic mass is 9.91. The van der Waals surface area contributed by atoms with Crippen LogP contribution in [-0.4, -0.2) is 11.6 Å². The average Bonchev–Trinajstić information content (AvgIpc) is 2.76. The number of hydrogen-bond donors (Lipinski definition) is 0. The van der Waals surface area contributed by atoms with Crippen LogP contribution in [0.25, 0.3) is 10.8 Å². The zero-order valence-corrected chi connectivity index (χ0v) is 12.9. The minimum Gasteiger partial charge on any atom is -0.299 e. The van der Waals surface area contributed by atoms with Crippen LogP contribution in [0.1, 0.15) is 55.3 Å². The van der Waals surface area contributed by atoms with Crippen LogP contribution in [0.5, 0.6) is 0 Å². The van der Waals surface area contributed by atoms with Gasteiger partial charge in [-0.2, -0.15) is 0 Å². The van der Waals surface area contributed by atoms with Gasteiger partial charge >= 0.3 is 0 Å². The Kier molecular flexibility index (Phi) is 4.67. The molecular formula is C20H22O2. The van der Waals surface area contributed by atoms with Crippen LogP contribution < -0.4 is 0 Å². The number of Topliss-reactive ketones (excluding diaryl/α,β-unsaturated/α-hetero) is 2. The predicted molar refractivity (Wildman–Crippen MR) is 89.1 cm³/mol. The topological polar surface area (TPSA) is 34.1 Å². The summed E-state index contributed by atoms with van der Waals surface area (Å²) in [5.41, 5.74) is 0.764. The molecule has 0 aliphatic heterocycles. The Balaban J connectivity index is 1.66. The first-order chi connectivity index (χ1) is 10.7. The van der Waals surface area contributed by atoms with Crippen molar-refractivity contribution in [2.24, 2.45) is 5.92 Å². The third-order valence-electron chi connectivity index (χ3n) is 4.72. The van der Waals surface area contributed by atoms with E-state index in [0.717, 1.165) is 42.0 Å². The van der Waals surface area contributed by atoms with Crippen LogP contribution in [0, 0.1) is 5.92 Å². The highest BCUT2D eigenvalue weighted by Gasteiger charge is 2.21. The summed E-state index contributed by atoms with van der Waals surface area (Å²) in [6.45, 7) is 0. The number of fused-ring (bicyclic) bond motifs is 1. The molecule has 2 aromatic carbocycles. The molecule has 2 heteroatoms. The Morgan fingerprint density at radius 3 is 2.68 bits per heavy atom. The van der Waals surface area contributed by atoms with E-state index in [1.165, 1.54) is 0 Å². The van der Waals surface area contributed by atoms with E-state index in [9.17, 15) is 9.59 Å². The van der Waals surface area contributed by atoms with Crippen molar-refractivity contribution >= 4 is 22.3 Å². The van der Waals surface area contributed by atoms with Crippen LogP contribution >= 0.6 is 0 Å². The molecule has 1 aliphatic carbocycles. The molecule has 0 saturated heterocycles. The molecule has 0 bridgehead atoms. The summed E-state index contributed by atoms with van der Waals surface area (Å²) < 4.78 is 0. The lowest BCUT2D eigenvalue weighted by Crippen LogP contribution is -2.14. The molecule has 0 radical (unpaired) electrons. The highest BCUT2D eigenvalue weighted by atomic mass is 16.1. The van der Waals surface area contributed by atoms with Gasteiger partial charge in [-0.05, 0) is 36.1 Å². The first-order valence-electron chi connectivity index (χ1n) is 8.29. The fourth-order valence-electron chi connectivity index (χ4n) is 3.35. The molecule has 3 rings (SSSR count). The smallest absolute Gasteiger partial charge is 0.162 e. The molecule has 1 unspecified atom stereocenters. The van der Waals surface area contributed by atoms with Gasteiger partial charge in [-0.25, -0.2) is 0 Å². The Hall–Kier alpha value is -1.96. The summed E-state index contributed by atoms with van der Waals surface area (Å²) in [4.78, 5) is 24.4. The van der Waals surface area contributed by atoms with E-state index in [0.29, 0.717) is 25.0 Å². The zero-order chi connectivity index (χ0) is 15.4. The largest absolute Gasteiger partial charge is 0.299 e. The van der Waals surface area contributed by atoms with Gasteiger partial charge in [0, 0.05) is 24.3 Å². The summed E-state index contributed by atoms with van der Waals surface area (Å²) in [6.07, 6.45) is 6.16. The van der Waals surface area contributed by atoms with Crippen molar-refractivity contribution < 1.29 is 9.59 Å². The van der Waals surface area contributed by atoms with E-state index in [1.807, 2.05) is 42.5 Å². The molecule has 0 amide bonds. The fourth-order valence-corrected chi connectivity index (χ4v) is 3.35. The molecule has 2 nitrogen and oxygen atoms in total. The maximum atomic E-state index is 12.4. The maximum absolute atomic E-state index is 12.4. The number of hydrogen-bond acceptors (Lipinski definition) is 2. The Bertz CT molecular complexity index is 687. The van der Waals surface area contributed by atoms with Crippen LogP contribution in [0.4, 0.5) is 0 Å². The number of rotatable bonds is 4. The van der Waals surface area contributed by atoms with E-state index in [4.69, 9.17) is 0 Å². The quantitative estimate of drug-likeness (QED) is 0.590. The van der Waals surface area contributed by atoms with Crippen molar-refractivity contribution in [3.8, 4) is 0 Å². The molecule has 1 saturated carbocycles. The van der Waals surface area contributed by atoms with Crippen LogP contribution in [0.3, 0.4) is 0 Å². The molecular weight excluding hydrogens is 272 g/mol. The normalized spacial score (nSPS) is 19.1. The van der Waals surface area contributed by atoms with E-state index >= 15 is 0 Å². The first-order valence-corrected chi connectivity index (χ1v) is 8.29. The van der Waals surface area contributed by atoms with Gasteiger partial charge in [0.2, 0.25) is 0 Å². The summed E-state index contributed by atoms with van der Waals surface area (Å²) in [5, 5.41) is 2.25. The third-order valence-corrected chi connectivity index (χ3v) is 4.72. The van der Waals surface area contributed by atoms with Crippen molar-refractivity contribution in [2.75, 3.05) is 0 Å². The second kappa shape index (κ2) is 6.87. The van der Waals surface area contributed by atoms with Gasteiger partial charge in [0.05, 0.1) is 0 Å². The lowest BCUT2D eigenvalue weighted by Gasteiger charge is -2.12. The number of benzene rings is 2. The SMILES string of the molecule is O=C(CCC1CCCCCC1=O)c1ccc2ccccc2c1. The highest BCUT2D eigenvalue weighted by Crippen LogP contribution is 2.25. The van der Waals surface area contributed by atoms with Crippen molar-refractivity contribution in [1.82, 2.24) is 0 Å². The number of carbonyl (C=O) groups excluding carboxylic acids is 2. The lowest BCUT2D eigenvalue weighted by molar-refractivity contribution is -0.122. The van der Waals surface area contributed by atoms with Gasteiger partial charge in [-0.3, -0.25) is 9.59 Å². The average molecular weight is 294 g/mol. The van der Waals surface area contributed by atoms with Gasteiger partial charge < -0.3 is 0 Å². The highest BCUT2D eigenvalue weighted by molar-refractivity contribution is 6.00. The van der Waals surface area contributed by atoms with Crippen molar-refractivity contribution in [1.29, 1.82) is 0 Å².